The van der Waals surface area contributed by atoms with E-state index in [2.05, 4.69) is 26.1 Å². The van der Waals surface area contributed by atoms with Crippen molar-refractivity contribution < 1.29 is 23.7 Å². The minimum Gasteiger partial charge on any atom is -0.416 e. The number of rotatable bonds is 7. The Morgan fingerprint density at radius 1 is 1.38 bits per heavy atom. The third kappa shape index (κ3) is 5.28. The second-order valence-corrected chi connectivity index (χ2v) is 7.09. The fraction of sp³-hybridized carbons (Fsp3) is 0.312. The number of urea groups is 1. The van der Waals surface area contributed by atoms with E-state index >= 15 is 0 Å². The van der Waals surface area contributed by atoms with Crippen molar-refractivity contribution in [3.05, 3.63) is 40.3 Å². The minimum atomic E-state index is -0.553. The van der Waals surface area contributed by atoms with E-state index in [1.165, 1.54) is 24.3 Å². The second kappa shape index (κ2) is 8.68. The Labute approximate surface area is 168 Å². The summed E-state index contributed by atoms with van der Waals surface area (Å²) in [5, 5.41) is 25.9. The topological polar surface area (TPSA) is 169 Å². The molecule has 1 fully saturated rings. The van der Waals surface area contributed by atoms with Crippen LogP contribution in [0.25, 0.3) is 0 Å². The Kier molecular flexibility index (Phi) is 6.07. The smallest absolute Gasteiger partial charge is 0.321 e. The fourth-order valence-corrected chi connectivity index (χ4v) is 3.21. The van der Waals surface area contributed by atoms with Crippen molar-refractivity contribution in [3.8, 4) is 0 Å². The Morgan fingerprint density at radius 3 is 2.90 bits per heavy atom. The number of carbonyl (C=O) groups excluding carboxylic acids is 3. The lowest BCUT2D eigenvalue weighted by Crippen LogP contribution is -2.57. The summed E-state index contributed by atoms with van der Waals surface area (Å²) in [6.07, 6.45) is 0.140. The molecule has 152 valence electrons. The van der Waals surface area contributed by atoms with Gasteiger partial charge >= 0.3 is 6.03 Å². The van der Waals surface area contributed by atoms with E-state index in [0.717, 1.165) is 11.8 Å². The fourth-order valence-electron chi connectivity index (χ4n) is 2.63. The molecule has 2 unspecified atom stereocenters. The van der Waals surface area contributed by atoms with Gasteiger partial charge in [-0.1, -0.05) is 17.8 Å². The maximum absolute atomic E-state index is 12.0. The number of anilines is 1. The number of non-ortho nitro benzene ring substituents is 1. The van der Waals surface area contributed by atoms with Crippen LogP contribution < -0.4 is 16.0 Å². The Bertz CT molecular complexity index is 963. The van der Waals surface area contributed by atoms with Crippen molar-refractivity contribution in [2.45, 2.75) is 24.6 Å². The van der Waals surface area contributed by atoms with Crippen LogP contribution in [0.1, 0.15) is 12.8 Å². The van der Waals surface area contributed by atoms with Gasteiger partial charge in [0.1, 0.15) is 0 Å². The molecule has 0 spiro atoms. The van der Waals surface area contributed by atoms with Gasteiger partial charge in [-0.25, -0.2) is 4.79 Å². The van der Waals surface area contributed by atoms with Crippen molar-refractivity contribution in [1.82, 2.24) is 20.8 Å². The summed E-state index contributed by atoms with van der Waals surface area (Å²) in [7, 11) is 0. The summed E-state index contributed by atoms with van der Waals surface area (Å²) in [5.74, 6) is -1.23. The largest absolute Gasteiger partial charge is 0.416 e. The molecule has 12 nitrogen and oxygen atoms in total. The van der Waals surface area contributed by atoms with Crippen LogP contribution in [0.4, 0.5) is 16.2 Å². The van der Waals surface area contributed by atoms with Crippen LogP contribution in [0.2, 0.25) is 0 Å². The summed E-state index contributed by atoms with van der Waals surface area (Å²) in [6, 6.07) is 4.65. The van der Waals surface area contributed by atoms with Crippen LogP contribution in [0, 0.1) is 16.0 Å². The monoisotopic (exact) mass is 420 g/mol. The third-order valence-corrected chi connectivity index (χ3v) is 4.86. The van der Waals surface area contributed by atoms with Crippen molar-refractivity contribution in [3.63, 3.8) is 0 Å². The number of nitro benzene ring substituents is 1. The number of thioether (sulfide) groups is 1. The molecule has 2 heterocycles. The van der Waals surface area contributed by atoms with Gasteiger partial charge in [0.2, 0.25) is 17.7 Å². The van der Waals surface area contributed by atoms with Crippen molar-refractivity contribution >= 4 is 41.0 Å². The van der Waals surface area contributed by atoms with Gasteiger partial charge in [0.15, 0.2) is 0 Å². The Hall–Kier alpha value is -3.48. The molecule has 0 radical (unpaired) electrons. The number of carbonyl (C=O) groups is 3. The molecule has 29 heavy (non-hydrogen) atoms. The number of amides is 4. The predicted molar refractivity (Wildman–Crippen MR) is 100 cm³/mol. The molecule has 0 saturated carbocycles. The molecule has 1 aliphatic rings. The van der Waals surface area contributed by atoms with Gasteiger partial charge in [-0.3, -0.25) is 25.0 Å². The molecule has 13 heteroatoms. The molecule has 0 aliphatic carbocycles. The molecular weight excluding hydrogens is 404 g/mol. The van der Waals surface area contributed by atoms with Gasteiger partial charge in [-0.15, -0.1) is 10.2 Å². The average molecular weight is 420 g/mol. The normalized spacial score (nSPS) is 18.7. The van der Waals surface area contributed by atoms with Gasteiger partial charge < -0.3 is 15.1 Å². The molecule has 1 aliphatic heterocycles. The number of hydrogen-bond donors (Lipinski definition) is 3. The van der Waals surface area contributed by atoms with E-state index < -0.39 is 28.7 Å². The minimum absolute atomic E-state index is 0.0549. The standard InChI is InChI=1S/C16H16N6O6S/c1-8-11(14(24)19-15(25)17-8)6-13-20-21-16(28-13)29-7-12(23)18-9-3-2-4-10(5-9)22(26)27/h2-5,8,11H,6-7H2,1H3,(H,18,23)(H2,17,19,24,25). The molecule has 1 aromatic heterocycles. The highest BCUT2D eigenvalue weighted by Crippen LogP contribution is 2.21. The van der Waals surface area contributed by atoms with Crippen LogP contribution >= 0.6 is 11.8 Å². The number of imide groups is 1. The lowest BCUT2D eigenvalue weighted by atomic mass is 9.95. The number of nitrogens with zero attached hydrogens (tertiary/aromatic N) is 3. The van der Waals surface area contributed by atoms with E-state index in [0.29, 0.717) is 5.69 Å². The molecule has 3 N–H and O–H groups in total. The van der Waals surface area contributed by atoms with Gasteiger partial charge in [0, 0.05) is 30.3 Å². The highest BCUT2D eigenvalue weighted by Gasteiger charge is 2.34. The molecule has 2 atom stereocenters. The van der Waals surface area contributed by atoms with Gasteiger partial charge in [0.25, 0.3) is 10.9 Å². The Morgan fingerprint density at radius 2 is 2.17 bits per heavy atom. The number of hydrogen-bond acceptors (Lipinski definition) is 9. The molecule has 3 rings (SSSR count). The van der Waals surface area contributed by atoms with Crippen molar-refractivity contribution in [2.24, 2.45) is 5.92 Å². The van der Waals surface area contributed by atoms with Crippen LogP contribution in [0.15, 0.2) is 33.9 Å². The maximum Gasteiger partial charge on any atom is 0.321 e. The zero-order valence-corrected chi connectivity index (χ0v) is 15.9. The molecule has 0 bridgehead atoms. The zero-order chi connectivity index (χ0) is 21.0. The van der Waals surface area contributed by atoms with E-state index in [-0.39, 0.29) is 35.0 Å². The van der Waals surface area contributed by atoms with Crippen molar-refractivity contribution in [1.29, 1.82) is 0 Å². The number of benzene rings is 1. The predicted octanol–water partition coefficient (Wildman–Crippen LogP) is 1.10. The summed E-state index contributed by atoms with van der Waals surface area (Å²) in [4.78, 5) is 45.4. The average Bonchev–Trinajstić information content (AvgIpc) is 3.11. The lowest BCUT2D eigenvalue weighted by Gasteiger charge is -2.27. The van der Waals surface area contributed by atoms with Crippen LogP contribution in [0.3, 0.4) is 0 Å². The molecule has 1 saturated heterocycles. The first-order valence-corrected chi connectivity index (χ1v) is 9.41. The molecular formula is C16H16N6O6S. The van der Waals surface area contributed by atoms with Gasteiger partial charge in [-0.2, -0.15) is 0 Å². The van der Waals surface area contributed by atoms with E-state index in [1.807, 2.05) is 0 Å². The Balaban J connectivity index is 1.52. The summed E-state index contributed by atoms with van der Waals surface area (Å²) in [5.41, 5.74) is 0.171. The highest BCUT2D eigenvalue weighted by atomic mass is 32.2. The van der Waals surface area contributed by atoms with Crippen LogP contribution in [-0.4, -0.2) is 44.8 Å². The first-order valence-electron chi connectivity index (χ1n) is 8.42. The lowest BCUT2D eigenvalue weighted by molar-refractivity contribution is -0.384. The van der Waals surface area contributed by atoms with Crippen molar-refractivity contribution in [2.75, 3.05) is 11.1 Å². The van der Waals surface area contributed by atoms with Gasteiger partial charge in [-0.05, 0) is 13.0 Å². The zero-order valence-electron chi connectivity index (χ0n) is 15.1. The quantitative estimate of drug-likeness (QED) is 0.337. The van der Waals surface area contributed by atoms with Gasteiger partial charge in [0.05, 0.1) is 16.6 Å². The summed E-state index contributed by atoms with van der Waals surface area (Å²) >= 11 is 0.987. The SMILES string of the molecule is CC1NC(=O)NC(=O)C1Cc1nnc(SCC(=O)Nc2cccc([N+](=O)[O-])c2)o1. The number of aromatic nitrogens is 2. The summed E-state index contributed by atoms with van der Waals surface area (Å²) in [6.45, 7) is 1.70. The maximum atomic E-state index is 12.0. The number of nitro groups is 1. The first kappa shape index (κ1) is 20.3. The third-order valence-electron chi connectivity index (χ3n) is 4.05. The molecule has 1 aromatic carbocycles. The van der Waals surface area contributed by atoms with E-state index in [9.17, 15) is 24.5 Å². The highest BCUT2D eigenvalue weighted by molar-refractivity contribution is 7.99. The van der Waals surface area contributed by atoms with E-state index in [4.69, 9.17) is 4.42 Å². The second-order valence-electron chi connectivity index (χ2n) is 6.17. The van der Waals surface area contributed by atoms with E-state index in [1.54, 1.807) is 6.92 Å². The molecule has 4 amide bonds. The number of nitrogens with one attached hydrogen (secondary N) is 3. The first-order chi connectivity index (χ1) is 13.8. The summed E-state index contributed by atoms with van der Waals surface area (Å²) < 4.78 is 5.44. The van der Waals surface area contributed by atoms with Crippen LogP contribution in [0.5, 0.6) is 0 Å². The molecule has 2 aromatic rings. The van der Waals surface area contributed by atoms with Crippen LogP contribution in [-0.2, 0) is 16.0 Å².